The Hall–Kier alpha value is -5.40. The summed E-state index contributed by atoms with van der Waals surface area (Å²) in [5, 5.41) is 8.62. The summed E-state index contributed by atoms with van der Waals surface area (Å²) in [7, 11) is -3.24. The highest BCUT2D eigenvalue weighted by Crippen LogP contribution is 2.43. The van der Waals surface area contributed by atoms with Gasteiger partial charge in [-0.25, -0.2) is 18.1 Å². The lowest BCUT2D eigenvalue weighted by Gasteiger charge is -2.44. The minimum Gasteiger partial charge on any atom is -0.504 e. The van der Waals surface area contributed by atoms with Gasteiger partial charge in [0.15, 0.2) is 30.3 Å². The van der Waals surface area contributed by atoms with Gasteiger partial charge in [-0.05, 0) is 56.6 Å². The molecule has 0 unspecified atom stereocenters. The molecule has 324 valence electrons. The highest BCUT2D eigenvalue weighted by molar-refractivity contribution is 6.36. The lowest BCUT2D eigenvalue weighted by molar-refractivity contribution is -0.270. The number of Topliss-reactive ketones (excluding diaryl/α,β-unsaturated/α-hetero) is 1. The van der Waals surface area contributed by atoms with Gasteiger partial charge in [0.25, 0.3) is 0 Å². The summed E-state index contributed by atoms with van der Waals surface area (Å²) < 4.78 is 67.1. The first-order valence-corrected chi connectivity index (χ1v) is 20.3. The van der Waals surface area contributed by atoms with Crippen molar-refractivity contribution in [1.82, 2.24) is 15.0 Å². The van der Waals surface area contributed by atoms with Crippen LogP contribution < -0.4 is 15.2 Å². The van der Waals surface area contributed by atoms with Crippen LogP contribution in [0.15, 0.2) is 21.5 Å². The Morgan fingerprint density at radius 3 is 2.18 bits per heavy atom. The molecule has 0 amide bonds. The zero-order valence-corrected chi connectivity index (χ0v) is 34.1. The van der Waals surface area contributed by atoms with E-state index in [1.54, 1.807) is 12.3 Å². The minimum atomic E-state index is -3.24. The van der Waals surface area contributed by atoms with Crippen LogP contribution in [0.1, 0.15) is 119 Å². The average Bonchev–Trinajstić information content (AvgIpc) is 3.65. The van der Waals surface area contributed by atoms with Gasteiger partial charge in [-0.2, -0.15) is 0 Å². The molecule has 20 heteroatoms. The van der Waals surface area contributed by atoms with Crippen molar-refractivity contribution < 1.29 is 65.4 Å². The summed E-state index contributed by atoms with van der Waals surface area (Å²) in [5.41, 5.74) is 2.11. The summed E-state index contributed by atoms with van der Waals surface area (Å²) in [6.45, 7) is 5.98. The molecular formula is C40H49BF2N4O13. The zero-order valence-electron chi connectivity index (χ0n) is 34.1. The number of carbonyl (C=O) groups is 5. The van der Waals surface area contributed by atoms with Crippen LogP contribution in [0.3, 0.4) is 0 Å². The average molecular weight is 843 g/mol. The van der Waals surface area contributed by atoms with Crippen LogP contribution in [0.2, 0.25) is 0 Å². The molecule has 5 atom stereocenters. The second-order valence-electron chi connectivity index (χ2n) is 15.2. The molecule has 1 aromatic carbocycles. The van der Waals surface area contributed by atoms with Gasteiger partial charge >= 0.3 is 37.0 Å². The van der Waals surface area contributed by atoms with E-state index < -0.39 is 84.7 Å². The van der Waals surface area contributed by atoms with Crippen molar-refractivity contribution in [2.75, 3.05) is 24.6 Å². The van der Waals surface area contributed by atoms with E-state index in [0.717, 1.165) is 89.2 Å². The number of halogens is 2. The highest BCUT2D eigenvalue weighted by Gasteiger charge is 2.53. The third kappa shape index (κ3) is 10.5. The van der Waals surface area contributed by atoms with Gasteiger partial charge in [0.05, 0.1) is 17.3 Å². The molecule has 0 spiro atoms. The molecule has 5 heterocycles. The predicted octanol–water partition coefficient (Wildman–Crippen LogP) is 4.80. The Morgan fingerprint density at radius 1 is 0.850 bits per heavy atom. The highest BCUT2D eigenvalue weighted by atomic mass is 19.2. The Kier molecular flexibility index (Phi) is 14.6. The normalized spacial score (nSPS) is 20.8. The number of ether oxygens (including phenoxy) is 5. The molecule has 60 heavy (non-hydrogen) atoms. The van der Waals surface area contributed by atoms with Crippen molar-refractivity contribution in [1.29, 1.82) is 0 Å². The van der Waals surface area contributed by atoms with Crippen LogP contribution in [0.25, 0.3) is 11.0 Å². The summed E-state index contributed by atoms with van der Waals surface area (Å²) in [5.74, 6) is -3.88. The summed E-state index contributed by atoms with van der Waals surface area (Å²) in [4.78, 5) is 76.9. The van der Waals surface area contributed by atoms with Crippen molar-refractivity contribution >= 4 is 53.8 Å². The number of rotatable bonds is 18. The molecule has 2 aromatic heterocycles. The van der Waals surface area contributed by atoms with Gasteiger partial charge in [0.2, 0.25) is 0 Å². The Morgan fingerprint density at radius 2 is 1.50 bits per heavy atom. The summed E-state index contributed by atoms with van der Waals surface area (Å²) in [6, 6.07) is 1.74. The lowest BCUT2D eigenvalue weighted by Crippen LogP contribution is -2.60. The fourth-order valence-electron chi connectivity index (χ4n) is 8.33. The van der Waals surface area contributed by atoms with Crippen LogP contribution in [0, 0.1) is 0 Å². The molecule has 3 aliphatic rings. The molecule has 1 saturated heterocycles. The number of unbranched alkanes of at least 4 members (excludes halogenated alkanes) is 5. The van der Waals surface area contributed by atoms with Crippen molar-refractivity contribution in [3.63, 3.8) is 0 Å². The molecule has 1 fully saturated rings. The van der Waals surface area contributed by atoms with E-state index in [-0.39, 0.29) is 24.0 Å². The quantitative estimate of drug-likeness (QED) is 0.0421. The zero-order chi connectivity index (χ0) is 43.1. The molecule has 0 bridgehead atoms. The molecule has 0 radical (unpaired) electrons. The number of fused-ring (bicyclic) bond motifs is 2. The maximum absolute atomic E-state index is 13.7. The van der Waals surface area contributed by atoms with E-state index in [9.17, 15) is 37.4 Å². The number of ketones is 1. The number of anilines is 1. The Labute approximate surface area is 344 Å². The molecular weight excluding hydrogens is 793 g/mol. The molecule has 3 aromatic rings. The minimum absolute atomic E-state index is 0.0379. The Balaban J connectivity index is 1.04. The predicted molar refractivity (Wildman–Crippen MR) is 208 cm³/mol. The fourth-order valence-corrected chi connectivity index (χ4v) is 8.33. The lowest BCUT2D eigenvalue weighted by atomic mass is 9.89. The van der Waals surface area contributed by atoms with Crippen molar-refractivity contribution in [3.05, 3.63) is 45.1 Å². The molecule has 3 aliphatic heterocycles. The third-order valence-corrected chi connectivity index (χ3v) is 10.7. The number of aromatic nitrogens is 3. The number of carbonyl (C=O) groups excluding carboxylic acids is 5. The van der Waals surface area contributed by atoms with Gasteiger partial charge in [-0.15, -0.1) is 5.10 Å². The summed E-state index contributed by atoms with van der Waals surface area (Å²) in [6.07, 6.45) is 3.04. The van der Waals surface area contributed by atoms with Crippen LogP contribution >= 0.6 is 0 Å². The van der Waals surface area contributed by atoms with Gasteiger partial charge in [-0.3, -0.25) is 24.0 Å². The fraction of sp³-hybridized carbons (Fsp3) is 0.600. The van der Waals surface area contributed by atoms with Crippen LogP contribution in [0.5, 0.6) is 5.75 Å². The van der Waals surface area contributed by atoms with E-state index in [4.69, 9.17) is 32.8 Å². The number of nitrogens with zero attached hydrogens (tertiary/aromatic N) is 4. The van der Waals surface area contributed by atoms with Gasteiger partial charge in [-0.1, -0.05) is 30.9 Å². The number of benzene rings is 1. The van der Waals surface area contributed by atoms with Crippen LogP contribution in [0.4, 0.5) is 14.3 Å². The van der Waals surface area contributed by atoms with Crippen LogP contribution in [-0.2, 0) is 62.1 Å². The first kappa shape index (κ1) is 44.2. The van der Waals surface area contributed by atoms with Gasteiger partial charge in [0.1, 0.15) is 29.6 Å². The monoisotopic (exact) mass is 842 g/mol. The number of esters is 4. The van der Waals surface area contributed by atoms with Crippen LogP contribution in [-0.4, -0.2) is 96.2 Å². The van der Waals surface area contributed by atoms with E-state index >= 15 is 0 Å². The summed E-state index contributed by atoms with van der Waals surface area (Å²) >= 11 is 0. The molecule has 6 rings (SSSR count). The maximum atomic E-state index is 13.7. The van der Waals surface area contributed by atoms with Crippen molar-refractivity contribution in [2.24, 2.45) is 0 Å². The number of hydrogen-bond donors (Lipinski definition) is 0. The molecule has 0 aliphatic carbocycles. The maximum Gasteiger partial charge on any atom is 0.796 e. The van der Waals surface area contributed by atoms with E-state index in [2.05, 4.69) is 15.2 Å². The largest absolute Gasteiger partial charge is 0.796 e. The van der Waals surface area contributed by atoms with E-state index in [1.807, 2.05) is 0 Å². The third-order valence-electron chi connectivity index (χ3n) is 10.7. The van der Waals surface area contributed by atoms with Crippen molar-refractivity contribution in [2.45, 2.75) is 135 Å². The van der Waals surface area contributed by atoms with Gasteiger partial charge < -0.3 is 37.7 Å². The molecule has 0 N–H and O–H groups in total. The molecule has 0 saturated carbocycles. The second-order valence-corrected chi connectivity index (χ2v) is 15.2. The van der Waals surface area contributed by atoms with E-state index in [0.29, 0.717) is 37.8 Å². The van der Waals surface area contributed by atoms with Gasteiger partial charge in [0, 0.05) is 58.5 Å². The Bertz CT molecular complexity index is 2140. The smallest absolute Gasteiger partial charge is 0.504 e. The van der Waals surface area contributed by atoms with E-state index in [1.165, 1.54) is 11.6 Å². The number of hydrogen-bond acceptors (Lipinski definition) is 16. The SMILES string of the molecule is CC(=O)OC[C@H]1O[C@@H](n2cc(CCCCCCCCC(=O)c3c(OB(F)F)c4cc5c6c(c4oc3=O)CCCN6CCC5)nn2)[C@H](OC(C)=O)[C@@H](OC(C)=O)[C@H]1OC(C)=O. The second kappa shape index (κ2) is 19.8. The topological polar surface area (TPSA) is 205 Å². The standard InChI is InChI=1S/C40H49BF2N4O13/c1-22(48)54-21-31-36(55-23(2)49)37(56-24(3)50)38(57-25(4)51)39(58-31)47-20-27(44-45-47)14-9-7-5-6-8-10-16-30(52)32-35(60-41(42)43)29-19-26-13-11-17-46-18-12-15-28(33(26)46)34(29)59-40(32)53/h19-20,31,36-39H,5-18,21H2,1-4H3/t31-,36+,37+,38-,39-/m1/s1. The number of aryl methyl sites for hydroxylation is 3. The van der Waals surface area contributed by atoms with Crippen molar-refractivity contribution in [3.8, 4) is 5.75 Å². The first-order valence-electron chi connectivity index (χ1n) is 20.3. The molecule has 17 nitrogen and oxygen atoms in total. The first-order chi connectivity index (χ1) is 28.7.